The number of carbonyl (C=O) groups is 1. The molecular formula is C20H22F3N3O3. The quantitative estimate of drug-likeness (QED) is 0.653. The molecule has 1 fully saturated rings. The number of amides is 1. The smallest absolute Gasteiger partial charge is 0.419 e. The van der Waals surface area contributed by atoms with Crippen LogP contribution in [0.1, 0.15) is 28.8 Å². The largest absolute Gasteiger partial charge is 0.491 e. The van der Waals surface area contributed by atoms with Gasteiger partial charge < -0.3 is 20.1 Å². The van der Waals surface area contributed by atoms with E-state index in [0.29, 0.717) is 17.9 Å². The van der Waals surface area contributed by atoms with Crippen molar-refractivity contribution in [2.45, 2.75) is 25.1 Å². The third kappa shape index (κ3) is 6.08. The Labute approximate surface area is 166 Å². The molecule has 0 saturated carbocycles. The molecule has 29 heavy (non-hydrogen) atoms. The van der Waals surface area contributed by atoms with Gasteiger partial charge in [-0.2, -0.15) is 13.2 Å². The summed E-state index contributed by atoms with van der Waals surface area (Å²) in [6, 6.07) is 8.85. The number of rotatable bonds is 8. The van der Waals surface area contributed by atoms with Gasteiger partial charge in [0.1, 0.15) is 18.2 Å². The van der Waals surface area contributed by atoms with Gasteiger partial charge in [0, 0.05) is 31.5 Å². The SMILES string of the molecule is O=C(NCCNc1ncccc1C(F)(F)F)c1ccc(OCC2CCCO2)cc1. The first-order valence-corrected chi connectivity index (χ1v) is 9.32. The van der Waals surface area contributed by atoms with Crippen LogP contribution in [0, 0.1) is 0 Å². The van der Waals surface area contributed by atoms with Crippen LogP contribution in [-0.2, 0) is 10.9 Å². The molecule has 9 heteroatoms. The molecule has 0 bridgehead atoms. The molecule has 2 heterocycles. The zero-order chi connectivity index (χ0) is 20.7. The molecule has 1 aromatic heterocycles. The van der Waals surface area contributed by atoms with Gasteiger partial charge in [-0.05, 0) is 49.2 Å². The molecule has 2 N–H and O–H groups in total. The zero-order valence-electron chi connectivity index (χ0n) is 15.7. The van der Waals surface area contributed by atoms with E-state index in [2.05, 4.69) is 15.6 Å². The number of alkyl halides is 3. The highest BCUT2D eigenvalue weighted by atomic mass is 19.4. The molecule has 1 unspecified atom stereocenters. The Balaban J connectivity index is 1.43. The molecule has 1 aromatic carbocycles. The molecule has 156 valence electrons. The van der Waals surface area contributed by atoms with Gasteiger partial charge >= 0.3 is 6.18 Å². The molecular weight excluding hydrogens is 387 g/mol. The number of nitrogens with one attached hydrogen (secondary N) is 2. The van der Waals surface area contributed by atoms with Crippen molar-refractivity contribution >= 4 is 11.7 Å². The van der Waals surface area contributed by atoms with Crippen molar-refractivity contribution in [3.05, 3.63) is 53.7 Å². The van der Waals surface area contributed by atoms with Crippen LogP contribution in [-0.4, -0.2) is 43.3 Å². The Kier molecular flexibility index (Phi) is 6.92. The molecule has 1 aliphatic rings. The maximum absolute atomic E-state index is 12.9. The van der Waals surface area contributed by atoms with Crippen molar-refractivity contribution in [1.29, 1.82) is 0 Å². The lowest BCUT2D eigenvalue weighted by Gasteiger charge is -2.13. The van der Waals surface area contributed by atoms with E-state index in [1.165, 1.54) is 12.3 Å². The second kappa shape index (κ2) is 9.60. The highest BCUT2D eigenvalue weighted by Gasteiger charge is 2.33. The van der Waals surface area contributed by atoms with E-state index < -0.39 is 11.7 Å². The monoisotopic (exact) mass is 409 g/mol. The summed E-state index contributed by atoms with van der Waals surface area (Å²) < 4.78 is 49.9. The Morgan fingerprint density at radius 3 is 2.69 bits per heavy atom. The fourth-order valence-corrected chi connectivity index (χ4v) is 2.90. The summed E-state index contributed by atoms with van der Waals surface area (Å²) >= 11 is 0. The molecule has 0 spiro atoms. The molecule has 6 nitrogen and oxygen atoms in total. The van der Waals surface area contributed by atoms with Crippen LogP contribution in [0.25, 0.3) is 0 Å². The van der Waals surface area contributed by atoms with Crippen LogP contribution in [0.5, 0.6) is 5.75 Å². The van der Waals surface area contributed by atoms with Crippen LogP contribution >= 0.6 is 0 Å². The van der Waals surface area contributed by atoms with Crippen molar-refractivity contribution in [1.82, 2.24) is 10.3 Å². The second-order valence-corrected chi connectivity index (χ2v) is 6.55. The van der Waals surface area contributed by atoms with E-state index in [1.807, 2.05) is 0 Å². The second-order valence-electron chi connectivity index (χ2n) is 6.55. The Morgan fingerprint density at radius 2 is 2.00 bits per heavy atom. The maximum Gasteiger partial charge on any atom is 0.419 e. The molecule has 2 aromatic rings. The number of hydrogen-bond acceptors (Lipinski definition) is 5. The van der Waals surface area contributed by atoms with Gasteiger partial charge in [0.25, 0.3) is 5.91 Å². The van der Waals surface area contributed by atoms with Crippen molar-refractivity contribution in [2.24, 2.45) is 0 Å². The number of hydrogen-bond donors (Lipinski definition) is 2. The van der Waals surface area contributed by atoms with Gasteiger partial charge in [-0.3, -0.25) is 4.79 Å². The van der Waals surface area contributed by atoms with Crippen LogP contribution in [0.4, 0.5) is 19.0 Å². The normalized spacial score (nSPS) is 16.4. The topological polar surface area (TPSA) is 72.5 Å². The first kappa shape index (κ1) is 20.9. The third-order valence-corrected chi connectivity index (χ3v) is 4.39. The van der Waals surface area contributed by atoms with E-state index in [9.17, 15) is 18.0 Å². The number of ether oxygens (including phenoxy) is 2. The van der Waals surface area contributed by atoms with Crippen LogP contribution in [0.2, 0.25) is 0 Å². The number of aromatic nitrogens is 1. The van der Waals surface area contributed by atoms with E-state index in [-0.39, 0.29) is 30.9 Å². The summed E-state index contributed by atoms with van der Waals surface area (Å²) in [5, 5.41) is 5.25. The summed E-state index contributed by atoms with van der Waals surface area (Å²) in [5.74, 6) is 0.0603. The highest BCUT2D eigenvalue weighted by molar-refractivity contribution is 5.94. The molecule has 1 atom stereocenters. The van der Waals surface area contributed by atoms with Crippen molar-refractivity contribution < 1.29 is 27.4 Å². The molecule has 1 saturated heterocycles. The Bertz CT molecular complexity index is 807. The average molecular weight is 409 g/mol. The summed E-state index contributed by atoms with van der Waals surface area (Å²) in [5.41, 5.74) is -0.409. The van der Waals surface area contributed by atoms with Gasteiger partial charge in [0.15, 0.2) is 0 Å². The minimum absolute atomic E-state index is 0.106. The van der Waals surface area contributed by atoms with E-state index >= 15 is 0 Å². The molecule has 3 rings (SSSR count). The van der Waals surface area contributed by atoms with Gasteiger partial charge in [-0.1, -0.05) is 0 Å². The number of nitrogens with zero attached hydrogens (tertiary/aromatic N) is 1. The lowest BCUT2D eigenvalue weighted by Crippen LogP contribution is -2.29. The molecule has 0 aliphatic carbocycles. The number of pyridine rings is 1. The molecule has 0 radical (unpaired) electrons. The number of carbonyl (C=O) groups excluding carboxylic acids is 1. The van der Waals surface area contributed by atoms with E-state index in [0.717, 1.165) is 25.5 Å². The number of anilines is 1. The standard InChI is InChI=1S/C20H22F3N3O3/c21-20(22,23)17-4-1-9-24-18(17)25-10-11-26-19(27)14-5-7-15(8-6-14)29-13-16-3-2-12-28-16/h1,4-9,16H,2-3,10-13H2,(H,24,25)(H,26,27). The van der Waals surface area contributed by atoms with Crippen molar-refractivity contribution in [3.8, 4) is 5.75 Å². The molecule has 1 amide bonds. The van der Waals surface area contributed by atoms with E-state index in [1.54, 1.807) is 24.3 Å². The highest BCUT2D eigenvalue weighted by Crippen LogP contribution is 2.33. The summed E-state index contributed by atoms with van der Waals surface area (Å²) in [6.07, 6.45) is -1.08. The predicted octanol–water partition coefficient (Wildman–Crippen LogP) is 3.50. The van der Waals surface area contributed by atoms with Gasteiger partial charge in [0.05, 0.1) is 11.7 Å². The lowest BCUT2D eigenvalue weighted by molar-refractivity contribution is -0.137. The van der Waals surface area contributed by atoms with Crippen molar-refractivity contribution in [2.75, 3.05) is 31.6 Å². The number of benzene rings is 1. The maximum atomic E-state index is 12.9. The first-order valence-electron chi connectivity index (χ1n) is 9.32. The predicted molar refractivity (Wildman–Crippen MR) is 101 cm³/mol. The van der Waals surface area contributed by atoms with Gasteiger partial charge in [-0.25, -0.2) is 4.98 Å². The fourth-order valence-electron chi connectivity index (χ4n) is 2.90. The Morgan fingerprint density at radius 1 is 1.21 bits per heavy atom. The van der Waals surface area contributed by atoms with Crippen LogP contribution in [0.15, 0.2) is 42.6 Å². The summed E-state index contributed by atoms with van der Waals surface area (Å²) in [4.78, 5) is 15.9. The third-order valence-electron chi connectivity index (χ3n) is 4.39. The average Bonchev–Trinajstić information content (AvgIpc) is 3.23. The van der Waals surface area contributed by atoms with Gasteiger partial charge in [-0.15, -0.1) is 0 Å². The summed E-state index contributed by atoms with van der Waals surface area (Å²) in [6.45, 7) is 1.49. The lowest BCUT2D eigenvalue weighted by atomic mass is 10.2. The Hall–Kier alpha value is -2.81. The van der Waals surface area contributed by atoms with E-state index in [4.69, 9.17) is 9.47 Å². The first-order chi connectivity index (χ1) is 13.9. The molecule has 1 aliphatic heterocycles. The minimum atomic E-state index is -4.49. The van der Waals surface area contributed by atoms with Crippen LogP contribution in [0.3, 0.4) is 0 Å². The van der Waals surface area contributed by atoms with Crippen molar-refractivity contribution in [3.63, 3.8) is 0 Å². The van der Waals surface area contributed by atoms with Gasteiger partial charge in [0.2, 0.25) is 0 Å². The summed E-state index contributed by atoms with van der Waals surface area (Å²) in [7, 11) is 0. The fraction of sp³-hybridized carbons (Fsp3) is 0.400. The number of halogens is 3. The zero-order valence-corrected chi connectivity index (χ0v) is 15.7. The van der Waals surface area contributed by atoms with Crippen LogP contribution < -0.4 is 15.4 Å². The minimum Gasteiger partial charge on any atom is -0.491 e.